The van der Waals surface area contributed by atoms with Crippen molar-refractivity contribution >= 4 is 0 Å². The highest BCUT2D eigenvalue weighted by atomic mass is 16.3. The Morgan fingerprint density at radius 1 is 1.33 bits per heavy atom. The van der Waals surface area contributed by atoms with Crippen molar-refractivity contribution in [2.24, 2.45) is 5.92 Å². The lowest BCUT2D eigenvalue weighted by Crippen LogP contribution is -2.52. The summed E-state index contributed by atoms with van der Waals surface area (Å²) in [7, 11) is 0. The molecule has 3 heteroatoms. The summed E-state index contributed by atoms with van der Waals surface area (Å²) in [6.07, 6.45) is 3.61. The van der Waals surface area contributed by atoms with Crippen molar-refractivity contribution in [2.45, 2.75) is 51.7 Å². The van der Waals surface area contributed by atoms with E-state index in [2.05, 4.69) is 11.8 Å². The van der Waals surface area contributed by atoms with Crippen LogP contribution in [-0.2, 0) is 0 Å². The molecule has 0 spiro atoms. The Hall–Kier alpha value is -0.120. The van der Waals surface area contributed by atoms with E-state index >= 15 is 0 Å². The van der Waals surface area contributed by atoms with Crippen LogP contribution in [0.5, 0.6) is 0 Å². The number of nitrogens with zero attached hydrogens (tertiary/aromatic N) is 1. The van der Waals surface area contributed by atoms with Crippen LogP contribution in [0.4, 0.5) is 0 Å². The first-order valence-corrected chi connectivity index (χ1v) is 6.02. The second-order valence-corrected chi connectivity index (χ2v) is 5.42. The van der Waals surface area contributed by atoms with Gasteiger partial charge in [-0.25, -0.2) is 0 Å². The van der Waals surface area contributed by atoms with Crippen LogP contribution in [0.2, 0.25) is 0 Å². The standard InChI is InChI=1S/C12H25NO2/c1-10-5-4-7-13(8-6-10)11(9-14)12(2,3)15/h10-11,14-15H,4-9H2,1-3H3/t10-,11?/m1/s1. The van der Waals surface area contributed by atoms with Gasteiger partial charge in [-0.1, -0.05) is 6.92 Å². The highest BCUT2D eigenvalue weighted by Crippen LogP contribution is 2.22. The molecular formula is C12H25NO2. The first-order valence-electron chi connectivity index (χ1n) is 6.02. The molecule has 0 radical (unpaired) electrons. The Labute approximate surface area is 93.1 Å². The SMILES string of the molecule is C[C@@H]1CCCN(C(CO)C(C)(C)O)CC1. The number of hydrogen-bond acceptors (Lipinski definition) is 3. The molecule has 1 unspecified atom stereocenters. The molecule has 2 N–H and O–H groups in total. The number of likely N-dealkylation sites (tertiary alicyclic amines) is 1. The van der Waals surface area contributed by atoms with Gasteiger partial charge >= 0.3 is 0 Å². The van der Waals surface area contributed by atoms with E-state index in [9.17, 15) is 10.2 Å². The molecule has 0 amide bonds. The van der Waals surface area contributed by atoms with Crippen molar-refractivity contribution < 1.29 is 10.2 Å². The van der Waals surface area contributed by atoms with Gasteiger partial charge in [0, 0.05) is 0 Å². The largest absolute Gasteiger partial charge is 0.395 e. The lowest BCUT2D eigenvalue weighted by atomic mass is 9.97. The predicted octanol–water partition coefficient (Wildman–Crippen LogP) is 1.24. The Morgan fingerprint density at radius 2 is 2.00 bits per heavy atom. The third-order valence-electron chi connectivity index (χ3n) is 3.48. The molecule has 2 atom stereocenters. The second kappa shape index (κ2) is 5.28. The van der Waals surface area contributed by atoms with Crippen LogP contribution in [0, 0.1) is 5.92 Å². The van der Waals surface area contributed by atoms with E-state index in [-0.39, 0.29) is 12.6 Å². The van der Waals surface area contributed by atoms with E-state index in [1.165, 1.54) is 19.3 Å². The summed E-state index contributed by atoms with van der Waals surface area (Å²) >= 11 is 0. The topological polar surface area (TPSA) is 43.7 Å². The molecule has 1 aliphatic rings. The molecule has 0 saturated carbocycles. The van der Waals surface area contributed by atoms with Crippen molar-refractivity contribution in [3.8, 4) is 0 Å². The van der Waals surface area contributed by atoms with Gasteiger partial charge < -0.3 is 10.2 Å². The van der Waals surface area contributed by atoms with Gasteiger partial charge in [-0.3, -0.25) is 4.90 Å². The molecule has 1 rings (SSSR count). The summed E-state index contributed by atoms with van der Waals surface area (Å²) in [4.78, 5) is 2.24. The van der Waals surface area contributed by atoms with Gasteiger partial charge in [0.15, 0.2) is 0 Å². The van der Waals surface area contributed by atoms with Crippen LogP contribution in [0.15, 0.2) is 0 Å². The van der Waals surface area contributed by atoms with E-state index in [1.807, 2.05) is 0 Å². The van der Waals surface area contributed by atoms with Crippen LogP contribution >= 0.6 is 0 Å². The molecule has 0 aliphatic carbocycles. The average Bonchev–Trinajstić information content (AvgIpc) is 2.30. The molecule has 0 aromatic heterocycles. The maximum atomic E-state index is 9.99. The van der Waals surface area contributed by atoms with E-state index in [1.54, 1.807) is 13.8 Å². The van der Waals surface area contributed by atoms with Gasteiger partial charge in [-0.15, -0.1) is 0 Å². The summed E-state index contributed by atoms with van der Waals surface area (Å²) in [5, 5.41) is 19.4. The van der Waals surface area contributed by atoms with Crippen molar-refractivity contribution in [2.75, 3.05) is 19.7 Å². The first kappa shape index (κ1) is 12.9. The lowest BCUT2D eigenvalue weighted by molar-refractivity contribution is -0.0420. The van der Waals surface area contributed by atoms with Crippen LogP contribution in [0.25, 0.3) is 0 Å². The Bertz CT molecular complexity index is 189. The molecule has 1 fully saturated rings. The van der Waals surface area contributed by atoms with E-state index in [4.69, 9.17) is 0 Å². The fourth-order valence-corrected chi connectivity index (χ4v) is 2.38. The van der Waals surface area contributed by atoms with Gasteiger partial charge in [0.1, 0.15) is 0 Å². The third-order valence-corrected chi connectivity index (χ3v) is 3.48. The Balaban J connectivity index is 2.60. The second-order valence-electron chi connectivity index (χ2n) is 5.42. The predicted molar refractivity (Wildman–Crippen MR) is 61.8 cm³/mol. The maximum Gasteiger partial charge on any atom is 0.0768 e. The maximum absolute atomic E-state index is 9.99. The zero-order valence-electron chi connectivity index (χ0n) is 10.2. The molecule has 90 valence electrons. The van der Waals surface area contributed by atoms with Crippen LogP contribution in [0.3, 0.4) is 0 Å². The highest BCUT2D eigenvalue weighted by Gasteiger charge is 2.32. The van der Waals surface area contributed by atoms with Gasteiger partial charge in [0.05, 0.1) is 18.2 Å². The number of rotatable bonds is 3. The van der Waals surface area contributed by atoms with Crippen molar-refractivity contribution in [1.82, 2.24) is 4.90 Å². The third kappa shape index (κ3) is 3.74. The van der Waals surface area contributed by atoms with Crippen molar-refractivity contribution in [3.05, 3.63) is 0 Å². The molecule has 15 heavy (non-hydrogen) atoms. The molecule has 1 aliphatic heterocycles. The fraction of sp³-hybridized carbons (Fsp3) is 1.00. The normalized spacial score (nSPS) is 27.4. The summed E-state index contributed by atoms with van der Waals surface area (Å²) in [5.74, 6) is 0.774. The average molecular weight is 215 g/mol. The molecule has 1 heterocycles. The van der Waals surface area contributed by atoms with Gasteiger partial charge in [0.25, 0.3) is 0 Å². The van der Waals surface area contributed by atoms with Gasteiger partial charge in [-0.2, -0.15) is 0 Å². The summed E-state index contributed by atoms with van der Waals surface area (Å²) < 4.78 is 0. The molecule has 0 aromatic rings. The van der Waals surface area contributed by atoms with E-state index in [0.717, 1.165) is 19.0 Å². The Kier molecular flexibility index (Phi) is 4.56. The van der Waals surface area contributed by atoms with Crippen molar-refractivity contribution in [3.63, 3.8) is 0 Å². The van der Waals surface area contributed by atoms with Crippen molar-refractivity contribution in [1.29, 1.82) is 0 Å². The summed E-state index contributed by atoms with van der Waals surface area (Å²) in [5.41, 5.74) is -0.817. The lowest BCUT2D eigenvalue weighted by Gasteiger charge is -2.37. The summed E-state index contributed by atoms with van der Waals surface area (Å²) in [6.45, 7) is 7.87. The van der Waals surface area contributed by atoms with Gasteiger partial charge in [0.2, 0.25) is 0 Å². The van der Waals surface area contributed by atoms with E-state index in [0.29, 0.717) is 0 Å². The zero-order valence-corrected chi connectivity index (χ0v) is 10.2. The minimum atomic E-state index is -0.817. The fourth-order valence-electron chi connectivity index (χ4n) is 2.38. The zero-order chi connectivity index (χ0) is 11.5. The summed E-state index contributed by atoms with van der Waals surface area (Å²) in [6, 6.07) is -0.122. The number of hydrogen-bond donors (Lipinski definition) is 2. The molecule has 0 bridgehead atoms. The number of aliphatic hydroxyl groups is 2. The highest BCUT2D eigenvalue weighted by molar-refractivity contribution is 4.86. The number of aliphatic hydroxyl groups excluding tert-OH is 1. The van der Waals surface area contributed by atoms with Gasteiger partial charge in [-0.05, 0) is 52.1 Å². The molecule has 3 nitrogen and oxygen atoms in total. The monoisotopic (exact) mass is 215 g/mol. The first-order chi connectivity index (χ1) is 6.95. The van der Waals surface area contributed by atoms with Crippen LogP contribution < -0.4 is 0 Å². The van der Waals surface area contributed by atoms with E-state index < -0.39 is 5.60 Å². The smallest absolute Gasteiger partial charge is 0.0768 e. The molecule has 1 saturated heterocycles. The quantitative estimate of drug-likeness (QED) is 0.744. The minimum Gasteiger partial charge on any atom is -0.395 e. The van der Waals surface area contributed by atoms with Crippen LogP contribution in [-0.4, -0.2) is 46.5 Å². The Morgan fingerprint density at radius 3 is 2.53 bits per heavy atom. The van der Waals surface area contributed by atoms with Crippen LogP contribution in [0.1, 0.15) is 40.0 Å². The molecular weight excluding hydrogens is 190 g/mol. The minimum absolute atomic E-state index is 0.0396. The molecule has 0 aromatic carbocycles.